The Morgan fingerprint density at radius 1 is 0.912 bits per heavy atom. The molecular weight excluding hydrogens is 470 g/mol. The van der Waals surface area contributed by atoms with E-state index >= 15 is 0 Å². The zero-order valence-electron chi connectivity index (χ0n) is 19.1. The van der Waals surface area contributed by atoms with Crippen molar-refractivity contribution < 1.29 is 13.2 Å². The molecule has 1 aliphatic heterocycles. The summed E-state index contributed by atoms with van der Waals surface area (Å²) in [5.41, 5.74) is 3.35. The summed E-state index contributed by atoms with van der Waals surface area (Å²) < 4.78 is 27.3. The molecule has 0 amide bonds. The lowest BCUT2D eigenvalue weighted by Gasteiger charge is -2.31. The van der Waals surface area contributed by atoms with E-state index in [4.69, 9.17) is 11.6 Å². The molecule has 0 saturated carbocycles. The van der Waals surface area contributed by atoms with Gasteiger partial charge in [-0.25, -0.2) is 8.42 Å². The van der Waals surface area contributed by atoms with Gasteiger partial charge in [-0.15, -0.1) is 0 Å². The van der Waals surface area contributed by atoms with Crippen LogP contribution in [0.3, 0.4) is 0 Å². The largest absolute Gasteiger partial charge is 0.355 e. The number of sulfonamides is 1. The zero-order chi connectivity index (χ0) is 24.1. The fraction of sp³-hybridized carbons (Fsp3) is 0.269. The van der Waals surface area contributed by atoms with E-state index in [9.17, 15) is 13.2 Å². The van der Waals surface area contributed by atoms with E-state index in [0.29, 0.717) is 18.1 Å². The minimum Gasteiger partial charge on any atom is -0.355 e. The van der Waals surface area contributed by atoms with Crippen LogP contribution in [0.4, 0.5) is 11.4 Å². The topological polar surface area (TPSA) is 69.7 Å². The van der Waals surface area contributed by atoms with Crippen molar-refractivity contribution >= 4 is 38.8 Å². The van der Waals surface area contributed by atoms with Gasteiger partial charge in [0.25, 0.3) is 0 Å². The number of anilines is 2. The molecule has 3 aromatic carbocycles. The normalized spacial score (nSPS) is 15.2. The van der Waals surface area contributed by atoms with E-state index in [1.54, 1.807) is 30.3 Å². The van der Waals surface area contributed by atoms with Crippen LogP contribution in [-0.4, -0.2) is 56.6 Å². The van der Waals surface area contributed by atoms with Gasteiger partial charge in [0.1, 0.15) is 5.78 Å². The number of benzene rings is 3. The monoisotopic (exact) mass is 497 g/mol. The minimum atomic E-state index is -3.52. The van der Waals surface area contributed by atoms with Crippen LogP contribution in [0.15, 0.2) is 77.7 Å². The summed E-state index contributed by atoms with van der Waals surface area (Å²) in [7, 11) is -1.53. The molecule has 1 N–H and O–H groups in total. The summed E-state index contributed by atoms with van der Waals surface area (Å²) in [4.78, 5) is 15.2. The van der Waals surface area contributed by atoms with E-state index in [2.05, 4.69) is 10.2 Å². The van der Waals surface area contributed by atoms with Gasteiger partial charge in [-0.05, 0) is 54.6 Å². The van der Waals surface area contributed by atoms with Crippen molar-refractivity contribution in [2.24, 2.45) is 0 Å². The van der Waals surface area contributed by atoms with Crippen LogP contribution in [0.5, 0.6) is 0 Å². The van der Waals surface area contributed by atoms with Gasteiger partial charge in [0.15, 0.2) is 0 Å². The maximum atomic E-state index is 12.9. The molecule has 0 aromatic heterocycles. The minimum absolute atomic E-state index is 0.0353. The van der Waals surface area contributed by atoms with E-state index in [1.807, 2.05) is 49.5 Å². The molecular formula is C26H28ClN3O3S. The van der Waals surface area contributed by atoms with Crippen LogP contribution < -0.4 is 5.32 Å². The van der Waals surface area contributed by atoms with Crippen molar-refractivity contribution in [3.8, 4) is 0 Å². The third kappa shape index (κ3) is 6.04. The number of hydrogen-bond donors (Lipinski definition) is 1. The number of carbonyl (C=O) groups is 1. The first kappa shape index (κ1) is 24.4. The number of ketones is 1. The molecule has 8 heteroatoms. The van der Waals surface area contributed by atoms with Gasteiger partial charge in [-0.2, -0.15) is 4.31 Å². The van der Waals surface area contributed by atoms with Crippen LogP contribution in [0, 0.1) is 0 Å². The summed E-state index contributed by atoms with van der Waals surface area (Å²) in [5.74, 6) is 0.0353. The second-order valence-electron chi connectivity index (χ2n) is 8.54. The first-order valence-electron chi connectivity index (χ1n) is 11.2. The Morgan fingerprint density at radius 2 is 1.59 bits per heavy atom. The standard InChI is InChI=1S/C26H28ClN3O3S/c1-29-13-15-30(16-14-29)34(32,33)25-11-7-20(8-12-25)17-24(31)18-21-9-10-22(27)19-26(21)28-23-5-3-2-4-6-23/h2-12,19,28H,13-18H2,1H3. The maximum absolute atomic E-state index is 12.9. The summed E-state index contributed by atoms with van der Waals surface area (Å²) in [6.45, 7) is 2.41. The summed E-state index contributed by atoms with van der Waals surface area (Å²) >= 11 is 6.18. The highest BCUT2D eigenvalue weighted by atomic mass is 35.5. The fourth-order valence-electron chi connectivity index (χ4n) is 3.96. The van der Waals surface area contributed by atoms with Gasteiger partial charge in [0.05, 0.1) is 4.90 Å². The smallest absolute Gasteiger partial charge is 0.243 e. The van der Waals surface area contributed by atoms with Gasteiger partial charge in [-0.1, -0.05) is 48.0 Å². The third-order valence-electron chi connectivity index (χ3n) is 5.94. The molecule has 0 unspecified atom stereocenters. The Labute approximate surface area is 206 Å². The van der Waals surface area contributed by atoms with E-state index in [-0.39, 0.29) is 23.5 Å². The summed E-state index contributed by atoms with van der Waals surface area (Å²) in [6.07, 6.45) is 0.468. The quantitative estimate of drug-likeness (QED) is 0.500. The first-order valence-corrected chi connectivity index (χ1v) is 13.0. The molecule has 1 fully saturated rings. The number of rotatable bonds is 8. The number of carbonyl (C=O) groups excluding carboxylic acids is 1. The molecule has 0 bridgehead atoms. The maximum Gasteiger partial charge on any atom is 0.243 e. The molecule has 178 valence electrons. The average Bonchev–Trinajstić information content (AvgIpc) is 2.82. The first-order chi connectivity index (χ1) is 16.3. The van der Waals surface area contributed by atoms with Crippen molar-refractivity contribution in [3.05, 3.63) is 88.9 Å². The Morgan fingerprint density at radius 3 is 2.26 bits per heavy atom. The molecule has 0 atom stereocenters. The number of hydrogen-bond acceptors (Lipinski definition) is 5. The van der Waals surface area contributed by atoms with Gasteiger partial charge in [-0.3, -0.25) is 4.79 Å². The molecule has 1 heterocycles. The number of halogens is 1. The van der Waals surface area contributed by atoms with Gasteiger partial charge < -0.3 is 10.2 Å². The highest BCUT2D eigenvalue weighted by Gasteiger charge is 2.27. The van der Waals surface area contributed by atoms with E-state index in [0.717, 1.165) is 35.6 Å². The summed E-state index contributed by atoms with van der Waals surface area (Å²) in [6, 6.07) is 21.8. The number of para-hydroxylation sites is 1. The average molecular weight is 498 g/mol. The van der Waals surface area contributed by atoms with Gasteiger partial charge in [0, 0.05) is 55.4 Å². The van der Waals surface area contributed by atoms with Crippen LogP contribution in [0.1, 0.15) is 11.1 Å². The van der Waals surface area contributed by atoms with E-state index in [1.165, 1.54) is 4.31 Å². The van der Waals surface area contributed by atoms with Gasteiger partial charge >= 0.3 is 0 Å². The SMILES string of the molecule is CN1CCN(S(=O)(=O)c2ccc(CC(=O)Cc3ccc(Cl)cc3Nc3ccccc3)cc2)CC1. The highest BCUT2D eigenvalue weighted by Crippen LogP contribution is 2.26. The Bertz CT molecular complexity index is 1240. The van der Waals surface area contributed by atoms with Crippen molar-refractivity contribution in [2.45, 2.75) is 17.7 Å². The summed E-state index contributed by atoms with van der Waals surface area (Å²) in [5, 5.41) is 3.92. The van der Waals surface area contributed by atoms with Crippen molar-refractivity contribution in [2.75, 3.05) is 38.5 Å². The Hall–Kier alpha value is -2.71. The van der Waals surface area contributed by atoms with Crippen molar-refractivity contribution in [1.29, 1.82) is 0 Å². The number of nitrogens with one attached hydrogen (secondary N) is 1. The Balaban J connectivity index is 1.42. The number of piperazine rings is 1. The molecule has 4 rings (SSSR count). The second kappa shape index (κ2) is 10.7. The molecule has 6 nitrogen and oxygen atoms in total. The molecule has 0 spiro atoms. The number of likely N-dealkylation sites (N-methyl/N-ethyl adjacent to an activating group) is 1. The predicted octanol–water partition coefficient (Wildman–Crippen LogP) is 4.37. The lowest BCUT2D eigenvalue weighted by atomic mass is 10.0. The predicted molar refractivity (Wildman–Crippen MR) is 136 cm³/mol. The van der Waals surface area contributed by atoms with Crippen molar-refractivity contribution in [1.82, 2.24) is 9.21 Å². The fourth-order valence-corrected chi connectivity index (χ4v) is 5.55. The highest BCUT2D eigenvalue weighted by molar-refractivity contribution is 7.89. The van der Waals surface area contributed by atoms with Crippen LogP contribution in [0.2, 0.25) is 5.02 Å². The zero-order valence-corrected chi connectivity index (χ0v) is 20.6. The van der Waals surface area contributed by atoms with Crippen LogP contribution >= 0.6 is 11.6 Å². The molecule has 1 saturated heterocycles. The lowest BCUT2D eigenvalue weighted by molar-refractivity contribution is -0.117. The van der Waals surface area contributed by atoms with E-state index < -0.39 is 10.0 Å². The van der Waals surface area contributed by atoms with Crippen LogP contribution in [-0.2, 0) is 27.7 Å². The molecule has 0 aliphatic carbocycles. The number of nitrogens with zero attached hydrogens (tertiary/aromatic N) is 2. The third-order valence-corrected chi connectivity index (χ3v) is 8.08. The van der Waals surface area contributed by atoms with Gasteiger partial charge in [0.2, 0.25) is 10.0 Å². The molecule has 34 heavy (non-hydrogen) atoms. The number of Topliss-reactive ketones (excluding diaryl/α,β-unsaturated/α-hetero) is 1. The lowest BCUT2D eigenvalue weighted by Crippen LogP contribution is -2.46. The molecule has 3 aromatic rings. The second-order valence-corrected chi connectivity index (χ2v) is 10.9. The molecule has 1 aliphatic rings. The van der Waals surface area contributed by atoms with Crippen LogP contribution in [0.25, 0.3) is 0 Å². The molecule has 0 radical (unpaired) electrons. The Kier molecular flexibility index (Phi) is 7.68. The van der Waals surface area contributed by atoms with Crippen molar-refractivity contribution in [3.63, 3.8) is 0 Å².